The molecule has 3 rings (SSSR count). The summed E-state index contributed by atoms with van der Waals surface area (Å²) in [6, 6.07) is 6.08. The van der Waals surface area contributed by atoms with Crippen molar-refractivity contribution < 1.29 is 37.4 Å². The molecule has 0 saturated carbocycles. The Bertz CT molecular complexity index is 803. The Morgan fingerprint density at radius 2 is 1.94 bits per heavy atom. The Morgan fingerprint density at radius 3 is 2.52 bits per heavy atom. The molecule has 2 fully saturated rings. The van der Waals surface area contributed by atoms with Crippen LogP contribution >= 0.6 is 0 Å². The molecule has 0 bridgehead atoms. The monoisotopic (exact) mass is 445 g/mol. The van der Waals surface area contributed by atoms with E-state index in [-0.39, 0.29) is 30.5 Å². The number of aryl methyl sites for hydroxylation is 1. The number of hydrogen-bond donors (Lipinski definition) is 1. The fraction of sp³-hybridized carbons (Fsp3) is 0.600. The van der Waals surface area contributed by atoms with Crippen LogP contribution < -0.4 is 0 Å². The molecule has 31 heavy (non-hydrogen) atoms. The molecular weight excluding hydrogens is 419 g/mol. The third-order valence-electron chi connectivity index (χ3n) is 5.16. The maximum atomic E-state index is 12.4. The number of rotatable bonds is 5. The Morgan fingerprint density at radius 1 is 1.26 bits per heavy atom. The Balaban J connectivity index is 0.000000423. The summed E-state index contributed by atoms with van der Waals surface area (Å²) in [6.07, 6.45) is -3.01. The van der Waals surface area contributed by atoms with Gasteiger partial charge in [-0.2, -0.15) is 13.2 Å². The van der Waals surface area contributed by atoms with Crippen molar-refractivity contribution in [2.45, 2.75) is 57.9 Å². The average molecular weight is 445 g/mol. The van der Waals surface area contributed by atoms with Crippen LogP contribution in [-0.4, -0.2) is 75.7 Å². The summed E-state index contributed by atoms with van der Waals surface area (Å²) in [4.78, 5) is 42.0. The van der Waals surface area contributed by atoms with Crippen LogP contribution in [0.2, 0.25) is 0 Å². The van der Waals surface area contributed by atoms with Crippen LogP contribution in [0.4, 0.5) is 13.2 Å². The molecule has 1 N–H and O–H groups in total. The number of piperidine rings is 1. The van der Waals surface area contributed by atoms with E-state index in [4.69, 9.17) is 14.6 Å². The number of alkyl halides is 3. The topological polar surface area (TPSA) is 100 Å². The molecule has 2 aliphatic heterocycles. The van der Waals surface area contributed by atoms with Crippen molar-refractivity contribution in [3.05, 3.63) is 29.6 Å². The third kappa shape index (κ3) is 6.65. The smallest absolute Gasteiger partial charge is 0.475 e. The van der Waals surface area contributed by atoms with E-state index in [2.05, 4.69) is 4.98 Å². The first-order chi connectivity index (χ1) is 14.5. The third-order valence-corrected chi connectivity index (χ3v) is 5.16. The number of aromatic nitrogens is 1. The number of carbonyl (C=O) groups is 3. The van der Waals surface area contributed by atoms with Gasteiger partial charge in [-0.15, -0.1) is 0 Å². The van der Waals surface area contributed by atoms with Crippen molar-refractivity contribution in [3.8, 4) is 0 Å². The molecule has 2 saturated heterocycles. The Labute approximate surface area is 178 Å². The van der Waals surface area contributed by atoms with Gasteiger partial charge in [-0.3, -0.25) is 14.6 Å². The van der Waals surface area contributed by atoms with Crippen molar-refractivity contribution in [3.63, 3.8) is 0 Å². The number of hydrogen-bond acceptors (Lipinski definition) is 5. The Hall–Kier alpha value is -2.69. The largest absolute Gasteiger partial charge is 0.490 e. The highest BCUT2D eigenvalue weighted by Crippen LogP contribution is 2.32. The number of carbonyl (C=O) groups excluding carboxylic acids is 2. The van der Waals surface area contributed by atoms with E-state index in [0.29, 0.717) is 26.1 Å². The van der Waals surface area contributed by atoms with E-state index in [1.807, 2.05) is 41.8 Å². The van der Waals surface area contributed by atoms with E-state index < -0.39 is 12.1 Å². The van der Waals surface area contributed by atoms with Crippen LogP contribution in [0.3, 0.4) is 0 Å². The number of carboxylic acids is 1. The number of aliphatic carboxylic acids is 1. The van der Waals surface area contributed by atoms with Gasteiger partial charge in [0.05, 0.1) is 24.3 Å². The first-order valence-corrected chi connectivity index (χ1v) is 9.94. The van der Waals surface area contributed by atoms with E-state index in [9.17, 15) is 22.8 Å². The van der Waals surface area contributed by atoms with E-state index in [1.165, 1.54) is 0 Å². The van der Waals surface area contributed by atoms with Crippen molar-refractivity contribution >= 4 is 17.8 Å². The molecule has 1 aromatic rings. The van der Waals surface area contributed by atoms with Gasteiger partial charge in [-0.25, -0.2) is 4.79 Å². The lowest BCUT2D eigenvalue weighted by Gasteiger charge is -2.39. The van der Waals surface area contributed by atoms with Gasteiger partial charge in [0.15, 0.2) is 0 Å². The summed E-state index contributed by atoms with van der Waals surface area (Å²) in [7, 11) is 0. The molecule has 11 heteroatoms. The second kappa shape index (κ2) is 10.6. The summed E-state index contributed by atoms with van der Waals surface area (Å²) in [5.74, 6) is -2.56. The van der Waals surface area contributed by atoms with Gasteiger partial charge >= 0.3 is 12.1 Å². The molecule has 3 heterocycles. The minimum Gasteiger partial charge on any atom is -0.475 e. The number of halogens is 3. The van der Waals surface area contributed by atoms with Crippen molar-refractivity contribution in [1.29, 1.82) is 0 Å². The highest BCUT2D eigenvalue weighted by molar-refractivity contribution is 5.81. The van der Waals surface area contributed by atoms with Crippen LogP contribution in [0.25, 0.3) is 0 Å². The zero-order valence-electron chi connectivity index (χ0n) is 17.4. The highest BCUT2D eigenvalue weighted by atomic mass is 19.4. The van der Waals surface area contributed by atoms with Gasteiger partial charge < -0.3 is 19.6 Å². The van der Waals surface area contributed by atoms with Crippen LogP contribution in [-0.2, 0) is 25.7 Å². The normalized spacial score (nSPS) is 20.7. The van der Waals surface area contributed by atoms with Crippen LogP contribution in [0.1, 0.15) is 37.6 Å². The zero-order chi connectivity index (χ0) is 23.2. The zero-order valence-corrected chi connectivity index (χ0v) is 17.4. The summed E-state index contributed by atoms with van der Waals surface area (Å²) in [6.45, 7) is 5.73. The quantitative estimate of drug-likeness (QED) is 0.746. The Kier molecular flexibility index (Phi) is 8.37. The summed E-state index contributed by atoms with van der Waals surface area (Å²) in [5.41, 5.74) is 1.86. The first kappa shape index (κ1) is 24.6. The van der Waals surface area contributed by atoms with Gasteiger partial charge in [-0.1, -0.05) is 6.07 Å². The van der Waals surface area contributed by atoms with Gasteiger partial charge in [0.25, 0.3) is 0 Å². The van der Waals surface area contributed by atoms with Crippen LogP contribution in [0.5, 0.6) is 0 Å². The summed E-state index contributed by atoms with van der Waals surface area (Å²) < 4.78 is 37.0. The predicted octanol–water partition coefficient (Wildman–Crippen LogP) is 2.15. The van der Waals surface area contributed by atoms with Crippen molar-refractivity contribution in [1.82, 2.24) is 14.8 Å². The summed E-state index contributed by atoms with van der Waals surface area (Å²) >= 11 is 0. The maximum absolute atomic E-state index is 12.4. The van der Waals surface area contributed by atoms with Crippen molar-refractivity contribution in [2.24, 2.45) is 0 Å². The second-order valence-corrected chi connectivity index (χ2v) is 7.28. The van der Waals surface area contributed by atoms with Crippen molar-refractivity contribution in [2.75, 3.05) is 19.8 Å². The number of ether oxygens (including phenoxy) is 1. The minimum atomic E-state index is -5.08. The van der Waals surface area contributed by atoms with E-state index >= 15 is 0 Å². The average Bonchev–Trinajstić information content (AvgIpc) is 3.12. The lowest BCUT2D eigenvalue weighted by Crippen LogP contribution is -2.53. The SMILES string of the molecule is CCOCC(=O)N1CC[C@H]2[C@@H]1CCC(=O)N2Cc1cccc(C)n1.O=C(O)C(F)(F)F. The molecule has 172 valence electrons. The number of likely N-dealkylation sites (tertiary alicyclic amines) is 2. The molecule has 0 radical (unpaired) electrons. The molecule has 2 atom stereocenters. The van der Waals surface area contributed by atoms with E-state index in [0.717, 1.165) is 24.2 Å². The lowest BCUT2D eigenvalue weighted by atomic mass is 9.96. The molecule has 8 nitrogen and oxygen atoms in total. The maximum Gasteiger partial charge on any atom is 0.490 e. The number of amides is 2. The molecule has 0 unspecified atom stereocenters. The number of carboxylic acid groups (broad SMARTS) is 1. The van der Waals surface area contributed by atoms with Gasteiger partial charge in [0, 0.05) is 25.3 Å². The molecule has 0 aliphatic carbocycles. The van der Waals surface area contributed by atoms with Gasteiger partial charge in [0.2, 0.25) is 11.8 Å². The first-order valence-electron chi connectivity index (χ1n) is 9.94. The molecule has 2 amide bonds. The minimum absolute atomic E-state index is 0.0346. The van der Waals surface area contributed by atoms with Crippen LogP contribution in [0, 0.1) is 6.92 Å². The van der Waals surface area contributed by atoms with E-state index in [1.54, 1.807) is 0 Å². The fourth-order valence-corrected chi connectivity index (χ4v) is 3.80. The predicted molar refractivity (Wildman–Crippen MR) is 103 cm³/mol. The molecule has 0 aromatic carbocycles. The van der Waals surface area contributed by atoms with Gasteiger partial charge in [0.1, 0.15) is 6.61 Å². The number of pyridine rings is 1. The molecule has 0 spiro atoms. The molecule has 2 aliphatic rings. The second-order valence-electron chi connectivity index (χ2n) is 7.28. The number of fused-ring (bicyclic) bond motifs is 1. The summed E-state index contributed by atoms with van der Waals surface area (Å²) in [5, 5.41) is 7.12. The van der Waals surface area contributed by atoms with Crippen LogP contribution in [0.15, 0.2) is 18.2 Å². The molecule has 1 aromatic heterocycles. The fourth-order valence-electron chi connectivity index (χ4n) is 3.80. The highest BCUT2D eigenvalue weighted by Gasteiger charge is 2.44. The molecular formula is C20H26F3N3O5. The number of nitrogens with zero attached hydrogens (tertiary/aromatic N) is 3. The standard InChI is InChI=1S/C18H25N3O3.C2HF3O2/c1-3-24-12-18(23)20-10-9-16-15(20)7-8-17(22)21(16)11-14-6-4-5-13(2)19-14;3-2(4,5)1(6)7/h4-6,15-16H,3,7-12H2,1-2H3;(H,6,7)/t15-,16-;/m0./s1. The van der Waals surface area contributed by atoms with Gasteiger partial charge in [-0.05, 0) is 38.8 Å². The lowest BCUT2D eigenvalue weighted by molar-refractivity contribution is -0.192.